The zero-order valence-corrected chi connectivity index (χ0v) is 18.2. The van der Waals surface area contributed by atoms with Crippen LogP contribution in [-0.4, -0.2) is 46.4 Å². The molecular weight excluding hydrogens is 362 g/mol. The van der Waals surface area contributed by atoms with Crippen LogP contribution in [0.4, 0.5) is 4.79 Å². The van der Waals surface area contributed by atoms with E-state index in [2.05, 4.69) is 72.6 Å². The Balaban J connectivity index is 1.50. The van der Waals surface area contributed by atoms with E-state index in [9.17, 15) is 4.79 Å². The summed E-state index contributed by atoms with van der Waals surface area (Å²) in [7, 11) is 0. The van der Waals surface area contributed by atoms with E-state index in [4.69, 9.17) is 0 Å². The van der Waals surface area contributed by atoms with Crippen LogP contribution in [0.5, 0.6) is 0 Å². The molecule has 2 aromatic rings. The van der Waals surface area contributed by atoms with Crippen LogP contribution in [0.2, 0.25) is 0 Å². The lowest BCUT2D eigenvalue weighted by Crippen LogP contribution is -2.54. The summed E-state index contributed by atoms with van der Waals surface area (Å²) in [6, 6.07) is 10.6. The Kier molecular flexibility index (Phi) is 6.96. The molecule has 1 aliphatic rings. The topological polar surface area (TPSA) is 62.2 Å². The Hall–Kier alpha value is -2.34. The molecule has 0 saturated heterocycles. The van der Waals surface area contributed by atoms with E-state index in [1.807, 2.05) is 16.9 Å². The molecule has 1 aromatic heterocycles. The van der Waals surface area contributed by atoms with Crippen LogP contribution in [0.3, 0.4) is 0 Å². The van der Waals surface area contributed by atoms with E-state index in [1.165, 1.54) is 11.1 Å². The number of fused-ring (bicyclic) bond motifs is 1. The van der Waals surface area contributed by atoms with Gasteiger partial charge in [-0.05, 0) is 34.9 Å². The Bertz CT molecular complexity index is 781. The van der Waals surface area contributed by atoms with Gasteiger partial charge in [0, 0.05) is 51.2 Å². The first kappa shape index (κ1) is 21.4. The molecule has 0 unspecified atom stereocenters. The van der Waals surface area contributed by atoms with Gasteiger partial charge in [0.15, 0.2) is 0 Å². The zero-order chi connectivity index (χ0) is 20.9. The minimum Gasteiger partial charge on any atom is -0.338 e. The van der Waals surface area contributed by atoms with Crippen LogP contribution >= 0.6 is 0 Å². The molecule has 6 nitrogen and oxygen atoms in total. The van der Waals surface area contributed by atoms with Gasteiger partial charge in [-0.15, -0.1) is 0 Å². The van der Waals surface area contributed by atoms with Crippen LogP contribution in [0.1, 0.15) is 38.8 Å². The predicted molar refractivity (Wildman–Crippen MR) is 117 cm³/mol. The maximum absolute atomic E-state index is 12.6. The maximum atomic E-state index is 12.6. The van der Waals surface area contributed by atoms with Crippen molar-refractivity contribution < 1.29 is 4.79 Å². The van der Waals surface area contributed by atoms with Crippen molar-refractivity contribution >= 4 is 6.03 Å². The highest BCUT2D eigenvalue weighted by molar-refractivity contribution is 5.74. The fourth-order valence-corrected chi connectivity index (χ4v) is 3.77. The number of carbonyl (C=O) groups excluding carboxylic acids is 1. The Morgan fingerprint density at radius 3 is 2.62 bits per heavy atom. The van der Waals surface area contributed by atoms with Crippen molar-refractivity contribution in [3.8, 4) is 0 Å². The standard InChI is InChI=1S/C23H35N5O/c1-18(15-28-12-7-11-25-28)14-24-22(29)26-21(23(2,3)4)17-27-13-10-19-8-5-6-9-20(19)16-27/h5-9,11-12,18,21H,10,13-17H2,1-4H3,(H2,24,26,29)/t18-,21-/m1/s1. The van der Waals surface area contributed by atoms with Crippen molar-refractivity contribution in [2.75, 3.05) is 19.6 Å². The first-order valence-corrected chi connectivity index (χ1v) is 10.6. The predicted octanol–water partition coefficient (Wildman–Crippen LogP) is 3.29. The minimum absolute atomic E-state index is 0.0189. The number of nitrogens with one attached hydrogen (secondary N) is 2. The van der Waals surface area contributed by atoms with Crippen LogP contribution in [0.15, 0.2) is 42.7 Å². The summed E-state index contributed by atoms with van der Waals surface area (Å²) in [5.41, 5.74) is 2.84. The summed E-state index contributed by atoms with van der Waals surface area (Å²) in [6.07, 6.45) is 4.80. The number of hydrogen-bond donors (Lipinski definition) is 2. The molecule has 2 atom stereocenters. The lowest BCUT2D eigenvalue weighted by Gasteiger charge is -2.38. The molecule has 2 amide bonds. The number of urea groups is 1. The summed E-state index contributed by atoms with van der Waals surface area (Å²) < 4.78 is 1.90. The summed E-state index contributed by atoms with van der Waals surface area (Å²) in [5.74, 6) is 0.312. The maximum Gasteiger partial charge on any atom is 0.315 e. The van der Waals surface area contributed by atoms with Gasteiger partial charge >= 0.3 is 6.03 Å². The van der Waals surface area contributed by atoms with Gasteiger partial charge in [0.1, 0.15) is 0 Å². The average molecular weight is 398 g/mol. The van der Waals surface area contributed by atoms with Crippen molar-refractivity contribution in [3.63, 3.8) is 0 Å². The van der Waals surface area contributed by atoms with Gasteiger partial charge in [0.05, 0.1) is 0 Å². The monoisotopic (exact) mass is 397 g/mol. The number of rotatable bonds is 7. The van der Waals surface area contributed by atoms with Crippen LogP contribution < -0.4 is 10.6 Å². The number of benzene rings is 1. The summed E-state index contributed by atoms with van der Waals surface area (Å²) >= 11 is 0. The zero-order valence-electron chi connectivity index (χ0n) is 18.2. The van der Waals surface area contributed by atoms with Crippen LogP contribution in [0.25, 0.3) is 0 Å². The second kappa shape index (κ2) is 9.44. The second-order valence-corrected chi connectivity index (χ2v) is 9.36. The third kappa shape index (κ3) is 6.32. The summed E-state index contributed by atoms with van der Waals surface area (Å²) in [4.78, 5) is 15.0. The fraction of sp³-hybridized carbons (Fsp3) is 0.565. The SMILES string of the molecule is C[C@H](CNC(=O)N[C@H](CN1CCc2ccccc2C1)C(C)(C)C)Cn1cccn1. The Morgan fingerprint density at radius 1 is 1.17 bits per heavy atom. The molecule has 2 N–H and O–H groups in total. The molecule has 0 fully saturated rings. The molecule has 6 heteroatoms. The summed E-state index contributed by atoms with van der Waals surface area (Å²) in [6.45, 7) is 13.0. The van der Waals surface area contributed by atoms with Crippen molar-refractivity contribution in [2.45, 2.75) is 53.2 Å². The first-order chi connectivity index (χ1) is 13.8. The molecule has 3 rings (SSSR count). The molecule has 2 heterocycles. The number of hydrogen-bond acceptors (Lipinski definition) is 3. The van der Waals surface area contributed by atoms with Crippen molar-refractivity contribution in [1.29, 1.82) is 0 Å². The lowest BCUT2D eigenvalue weighted by molar-refractivity contribution is 0.161. The van der Waals surface area contributed by atoms with Gasteiger partial charge in [-0.2, -0.15) is 5.10 Å². The van der Waals surface area contributed by atoms with Crippen molar-refractivity contribution in [1.82, 2.24) is 25.3 Å². The molecule has 0 bridgehead atoms. The highest BCUT2D eigenvalue weighted by atomic mass is 16.2. The van der Waals surface area contributed by atoms with Crippen LogP contribution in [-0.2, 0) is 19.5 Å². The number of nitrogens with zero attached hydrogens (tertiary/aromatic N) is 3. The fourth-order valence-electron chi connectivity index (χ4n) is 3.77. The largest absolute Gasteiger partial charge is 0.338 e. The quantitative estimate of drug-likeness (QED) is 0.754. The summed E-state index contributed by atoms with van der Waals surface area (Å²) in [5, 5.41) is 10.5. The van der Waals surface area contributed by atoms with E-state index in [1.54, 1.807) is 6.20 Å². The molecule has 1 aliphatic heterocycles. The average Bonchev–Trinajstić information content (AvgIpc) is 3.18. The minimum atomic E-state index is -0.0883. The van der Waals surface area contributed by atoms with Gasteiger partial charge in [0.2, 0.25) is 0 Å². The highest BCUT2D eigenvalue weighted by Gasteiger charge is 2.29. The molecule has 29 heavy (non-hydrogen) atoms. The van der Waals surface area contributed by atoms with Gasteiger partial charge in [-0.1, -0.05) is 52.0 Å². The van der Waals surface area contributed by atoms with Gasteiger partial charge in [-0.25, -0.2) is 4.79 Å². The molecule has 0 saturated carbocycles. The van der Waals surface area contributed by atoms with E-state index in [0.717, 1.165) is 32.6 Å². The van der Waals surface area contributed by atoms with Gasteiger partial charge in [-0.3, -0.25) is 9.58 Å². The lowest BCUT2D eigenvalue weighted by atomic mass is 9.86. The van der Waals surface area contributed by atoms with E-state index < -0.39 is 0 Å². The molecule has 158 valence electrons. The Labute approximate surface area is 174 Å². The van der Waals surface area contributed by atoms with E-state index >= 15 is 0 Å². The first-order valence-electron chi connectivity index (χ1n) is 10.6. The number of carbonyl (C=O) groups is 1. The number of aromatic nitrogens is 2. The van der Waals surface area contributed by atoms with Gasteiger partial charge < -0.3 is 10.6 Å². The van der Waals surface area contributed by atoms with E-state index in [0.29, 0.717) is 12.5 Å². The second-order valence-electron chi connectivity index (χ2n) is 9.36. The Morgan fingerprint density at radius 2 is 1.93 bits per heavy atom. The normalized spacial score (nSPS) is 16.7. The van der Waals surface area contributed by atoms with Crippen LogP contribution in [0, 0.1) is 11.3 Å². The number of amides is 2. The molecular formula is C23H35N5O. The smallest absolute Gasteiger partial charge is 0.315 e. The third-order valence-corrected chi connectivity index (χ3v) is 5.67. The van der Waals surface area contributed by atoms with E-state index in [-0.39, 0.29) is 17.5 Å². The van der Waals surface area contributed by atoms with Crippen molar-refractivity contribution in [2.24, 2.45) is 11.3 Å². The highest BCUT2D eigenvalue weighted by Crippen LogP contribution is 2.24. The molecule has 0 spiro atoms. The molecule has 1 aromatic carbocycles. The third-order valence-electron chi connectivity index (χ3n) is 5.67. The molecule has 0 aliphatic carbocycles. The van der Waals surface area contributed by atoms with Gasteiger partial charge in [0.25, 0.3) is 0 Å². The van der Waals surface area contributed by atoms with Crippen molar-refractivity contribution in [3.05, 3.63) is 53.9 Å². The molecule has 0 radical (unpaired) electrons.